The van der Waals surface area contributed by atoms with Gasteiger partial charge in [-0.1, -0.05) is 19.3 Å². The lowest BCUT2D eigenvalue weighted by atomic mass is 9.81. The number of amides is 1. The minimum atomic E-state index is -0.849. The van der Waals surface area contributed by atoms with Crippen LogP contribution in [-0.2, 0) is 14.3 Å². The summed E-state index contributed by atoms with van der Waals surface area (Å²) in [4.78, 5) is 23.4. The normalized spacial score (nSPS) is 19.7. The van der Waals surface area contributed by atoms with E-state index in [1.807, 2.05) is 0 Å². The van der Waals surface area contributed by atoms with Gasteiger partial charge in [-0.25, -0.2) is 4.79 Å². The Kier molecular flexibility index (Phi) is 6.49. The van der Waals surface area contributed by atoms with Crippen molar-refractivity contribution in [2.45, 2.75) is 50.6 Å². The molecule has 1 aliphatic rings. The SMILES string of the molecule is COC(=O)C1(NC(=O)C(C)N)CCCCC1.Cl. The Morgan fingerprint density at radius 2 is 1.82 bits per heavy atom. The van der Waals surface area contributed by atoms with E-state index in [1.165, 1.54) is 7.11 Å². The number of halogens is 1. The average molecular weight is 265 g/mol. The first-order valence-electron chi connectivity index (χ1n) is 5.68. The maximum atomic E-state index is 11.8. The molecule has 100 valence electrons. The van der Waals surface area contributed by atoms with Crippen molar-refractivity contribution in [3.8, 4) is 0 Å². The average Bonchev–Trinajstić information content (AvgIpc) is 2.29. The molecule has 5 nitrogen and oxygen atoms in total. The second-order valence-corrected chi connectivity index (χ2v) is 4.41. The highest BCUT2D eigenvalue weighted by molar-refractivity contribution is 5.90. The summed E-state index contributed by atoms with van der Waals surface area (Å²) in [5, 5.41) is 2.74. The molecule has 0 saturated heterocycles. The molecular weight excluding hydrogens is 244 g/mol. The molecule has 1 rings (SSSR count). The summed E-state index contributed by atoms with van der Waals surface area (Å²) >= 11 is 0. The number of carbonyl (C=O) groups is 2. The molecule has 1 aliphatic carbocycles. The number of carbonyl (C=O) groups excluding carboxylic acids is 2. The van der Waals surface area contributed by atoms with Gasteiger partial charge in [-0.3, -0.25) is 4.79 Å². The monoisotopic (exact) mass is 264 g/mol. The Balaban J connectivity index is 0.00000256. The van der Waals surface area contributed by atoms with Gasteiger partial charge in [0.25, 0.3) is 0 Å². The fourth-order valence-electron chi connectivity index (χ4n) is 2.08. The standard InChI is InChI=1S/C11H20N2O3.ClH/c1-8(12)9(14)13-11(10(15)16-2)6-4-3-5-7-11;/h8H,3-7,12H2,1-2H3,(H,13,14);1H. The van der Waals surface area contributed by atoms with Gasteiger partial charge in [-0.2, -0.15) is 0 Å². The molecule has 1 saturated carbocycles. The van der Waals surface area contributed by atoms with Gasteiger partial charge in [-0.05, 0) is 19.8 Å². The van der Waals surface area contributed by atoms with E-state index in [9.17, 15) is 9.59 Å². The maximum absolute atomic E-state index is 11.8. The van der Waals surface area contributed by atoms with Crippen LogP contribution in [0.15, 0.2) is 0 Å². The molecule has 0 aromatic carbocycles. The summed E-state index contributed by atoms with van der Waals surface area (Å²) in [5.41, 5.74) is 4.64. The molecule has 0 radical (unpaired) electrons. The van der Waals surface area contributed by atoms with Gasteiger partial charge in [0, 0.05) is 0 Å². The number of nitrogens with two attached hydrogens (primary N) is 1. The van der Waals surface area contributed by atoms with E-state index in [-0.39, 0.29) is 24.3 Å². The minimum absolute atomic E-state index is 0. The number of methoxy groups -OCH3 is 1. The van der Waals surface area contributed by atoms with Crippen molar-refractivity contribution in [1.82, 2.24) is 5.32 Å². The number of hydrogen-bond acceptors (Lipinski definition) is 4. The lowest BCUT2D eigenvalue weighted by Crippen LogP contribution is -2.59. The van der Waals surface area contributed by atoms with E-state index in [2.05, 4.69) is 5.32 Å². The molecule has 1 fully saturated rings. The van der Waals surface area contributed by atoms with Crippen molar-refractivity contribution in [3.05, 3.63) is 0 Å². The fourth-order valence-corrected chi connectivity index (χ4v) is 2.08. The molecule has 3 N–H and O–H groups in total. The van der Waals surface area contributed by atoms with E-state index in [1.54, 1.807) is 6.92 Å². The van der Waals surface area contributed by atoms with Gasteiger partial charge >= 0.3 is 5.97 Å². The van der Waals surface area contributed by atoms with Crippen LogP contribution in [0.25, 0.3) is 0 Å². The van der Waals surface area contributed by atoms with Crippen LogP contribution in [0.1, 0.15) is 39.0 Å². The summed E-state index contributed by atoms with van der Waals surface area (Å²) in [6.45, 7) is 1.60. The van der Waals surface area contributed by atoms with Crippen LogP contribution in [-0.4, -0.2) is 30.6 Å². The zero-order chi connectivity index (χ0) is 12.2. The van der Waals surface area contributed by atoms with Crippen LogP contribution in [0.2, 0.25) is 0 Å². The van der Waals surface area contributed by atoms with E-state index in [0.29, 0.717) is 12.8 Å². The van der Waals surface area contributed by atoms with Gasteiger partial charge in [0.2, 0.25) is 5.91 Å². The van der Waals surface area contributed by atoms with Crippen molar-refractivity contribution >= 4 is 24.3 Å². The Morgan fingerprint density at radius 3 is 2.24 bits per heavy atom. The zero-order valence-corrected chi connectivity index (χ0v) is 11.1. The van der Waals surface area contributed by atoms with Gasteiger partial charge in [0.15, 0.2) is 0 Å². The summed E-state index contributed by atoms with van der Waals surface area (Å²) in [6, 6.07) is -0.608. The number of nitrogens with one attached hydrogen (secondary N) is 1. The van der Waals surface area contributed by atoms with E-state index < -0.39 is 11.6 Å². The maximum Gasteiger partial charge on any atom is 0.331 e. The Hall–Kier alpha value is -0.810. The lowest BCUT2D eigenvalue weighted by Gasteiger charge is -2.35. The first-order valence-corrected chi connectivity index (χ1v) is 5.68. The number of rotatable bonds is 3. The van der Waals surface area contributed by atoms with Crippen LogP contribution < -0.4 is 11.1 Å². The van der Waals surface area contributed by atoms with Crippen molar-refractivity contribution in [2.75, 3.05) is 7.11 Å². The van der Waals surface area contributed by atoms with E-state index in [0.717, 1.165) is 19.3 Å². The Morgan fingerprint density at radius 1 is 1.29 bits per heavy atom. The molecule has 6 heteroatoms. The predicted octanol–water partition coefficient (Wildman–Crippen LogP) is 0.747. The number of hydrogen-bond donors (Lipinski definition) is 2. The molecule has 0 spiro atoms. The molecule has 0 aromatic heterocycles. The van der Waals surface area contributed by atoms with Gasteiger partial charge in [0.1, 0.15) is 5.54 Å². The summed E-state index contributed by atoms with van der Waals surface area (Å²) in [7, 11) is 1.34. The molecular formula is C11H21ClN2O3. The van der Waals surface area contributed by atoms with E-state index >= 15 is 0 Å². The predicted molar refractivity (Wildman–Crippen MR) is 66.9 cm³/mol. The van der Waals surface area contributed by atoms with E-state index in [4.69, 9.17) is 10.5 Å². The quantitative estimate of drug-likeness (QED) is 0.737. The second kappa shape index (κ2) is 6.81. The van der Waals surface area contributed by atoms with Crippen molar-refractivity contribution < 1.29 is 14.3 Å². The summed E-state index contributed by atoms with van der Waals surface area (Å²) in [5.74, 6) is -0.659. The van der Waals surface area contributed by atoms with Gasteiger partial charge in [-0.15, -0.1) is 12.4 Å². The highest BCUT2D eigenvalue weighted by Gasteiger charge is 2.42. The highest BCUT2D eigenvalue weighted by Crippen LogP contribution is 2.29. The van der Waals surface area contributed by atoms with Crippen molar-refractivity contribution in [1.29, 1.82) is 0 Å². The largest absolute Gasteiger partial charge is 0.467 e. The smallest absolute Gasteiger partial charge is 0.331 e. The third-order valence-corrected chi connectivity index (χ3v) is 3.06. The summed E-state index contributed by atoms with van der Waals surface area (Å²) < 4.78 is 4.78. The highest BCUT2D eigenvalue weighted by atomic mass is 35.5. The lowest BCUT2D eigenvalue weighted by molar-refractivity contribution is -0.152. The third-order valence-electron chi connectivity index (χ3n) is 3.06. The third kappa shape index (κ3) is 3.85. The van der Waals surface area contributed by atoms with Crippen LogP contribution in [0.5, 0.6) is 0 Å². The molecule has 1 amide bonds. The van der Waals surface area contributed by atoms with Crippen LogP contribution >= 0.6 is 12.4 Å². The molecule has 0 aliphatic heterocycles. The summed E-state index contributed by atoms with van der Waals surface area (Å²) in [6.07, 6.45) is 4.21. The topological polar surface area (TPSA) is 81.4 Å². The molecule has 0 bridgehead atoms. The Bertz CT molecular complexity index is 276. The van der Waals surface area contributed by atoms with Crippen molar-refractivity contribution in [2.24, 2.45) is 5.73 Å². The van der Waals surface area contributed by atoms with Crippen molar-refractivity contribution in [3.63, 3.8) is 0 Å². The Labute approximate surface area is 108 Å². The fraction of sp³-hybridized carbons (Fsp3) is 0.818. The first kappa shape index (κ1) is 16.2. The molecule has 17 heavy (non-hydrogen) atoms. The van der Waals surface area contributed by atoms with Gasteiger partial charge in [0.05, 0.1) is 13.2 Å². The minimum Gasteiger partial charge on any atom is -0.467 e. The first-order chi connectivity index (χ1) is 7.52. The molecule has 0 heterocycles. The number of esters is 1. The molecule has 0 aromatic rings. The molecule has 1 atom stereocenters. The molecule has 1 unspecified atom stereocenters. The van der Waals surface area contributed by atoms with Crippen LogP contribution in [0.3, 0.4) is 0 Å². The zero-order valence-electron chi connectivity index (χ0n) is 10.3. The van der Waals surface area contributed by atoms with Crippen LogP contribution in [0.4, 0.5) is 0 Å². The second-order valence-electron chi connectivity index (χ2n) is 4.41. The number of ether oxygens (including phenoxy) is 1. The van der Waals surface area contributed by atoms with Gasteiger partial charge < -0.3 is 15.8 Å². The van der Waals surface area contributed by atoms with Crippen LogP contribution in [0, 0.1) is 0 Å².